The molecule has 0 spiro atoms. The number of carbonyl (C=O) groups excluding carboxylic acids is 2. The summed E-state index contributed by atoms with van der Waals surface area (Å²) in [6.07, 6.45) is 7.94. The predicted octanol–water partition coefficient (Wildman–Crippen LogP) is 2.44. The predicted molar refractivity (Wildman–Crippen MR) is 147 cm³/mol. The van der Waals surface area contributed by atoms with Gasteiger partial charge in [-0.2, -0.15) is 0 Å². The molecule has 5 rings (SSSR count). The van der Waals surface area contributed by atoms with Crippen LogP contribution in [0.3, 0.4) is 0 Å². The second-order valence-electron chi connectivity index (χ2n) is 10.8. The largest absolute Gasteiger partial charge is 0.350 e. The zero-order chi connectivity index (χ0) is 26.5. The molecule has 2 fully saturated rings. The molecule has 202 valence electrons. The Labute approximate surface area is 224 Å². The number of aromatic nitrogens is 3. The summed E-state index contributed by atoms with van der Waals surface area (Å²) in [5.74, 6) is -0.282. The number of fused-ring (bicyclic) bond motifs is 1. The summed E-state index contributed by atoms with van der Waals surface area (Å²) >= 11 is 0. The van der Waals surface area contributed by atoms with Crippen LogP contribution in [0.5, 0.6) is 0 Å². The second kappa shape index (κ2) is 12.0. The van der Waals surface area contributed by atoms with E-state index in [2.05, 4.69) is 20.9 Å². The summed E-state index contributed by atoms with van der Waals surface area (Å²) in [5.41, 5.74) is 10.2. The van der Waals surface area contributed by atoms with E-state index >= 15 is 0 Å². The van der Waals surface area contributed by atoms with Crippen molar-refractivity contribution in [2.45, 2.75) is 82.1 Å². The smallest absolute Gasteiger partial charge is 0.243 e. The summed E-state index contributed by atoms with van der Waals surface area (Å²) in [6, 6.07) is 15.3. The third kappa shape index (κ3) is 6.22. The molecule has 2 amide bonds. The van der Waals surface area contributed by atoms with E-state index in [0.29, 0.717) is 32.0 Å². The Hall–Kier alpha value is -3.30. The van der Waals surface area contributed by atoms with E-state index in [1.807, 2.05) is 55.6 Å². The number of amides is 2. The van der Waals surface area contributed by atoms with Gasteiger partial charge in [0.15, 0.2) is 0 Å². The molecule has 1 saturated carbocycles. The monoisotopic (exact) mass is 517 g/mol. The standard InChI is InChI=1S/C29H39N7O2/c1-35-26-15-13-21(16-25(26)33-34-35)18-31-28(37)27-17-23(32-22-10-6-3-7-11-22)19-36(27)29(38)24(30)14-12-20-8-4-2-5-9-20/h2,4-5,8-9,13,15-16,22-24,27,32H,3,6-7,10-12,14,17-19,30H2,1H3,(H,31,37)/t23-,24+,27-/m0/s1. The minimum atomic E-state index is -0.641. The fraction of sp³-hybridized carbons (Fsp3) is 0.517. The summed E-state index contributed by atoms with van der Waals surface area (Å²) in [6.45, 7) is 0.878. The average Bonchev–Trinajstić information content (AvgIpc) is 3.54. The van der Waals surface area contributed by atoms with Gasteiger partial charge < -0.3 is 21.3 Å². The minimum Gasteiger partial charge on any atom is -0.350 e. The lowest BCUT2D eigenvalue weighted by Gasteiger charge is -2.27. The van der Waals surface area contributed by atoms with Crippen molar-refractivity contribution < 1.29 is 9.59 Å². The number of hydrogen-bond acceptors (Lipinski definition) is 6. The van der Waals surface area contributed by atoms with Gasteiger partial charge in [0.25, 0.3) is 0 Å². The van der Waals surface area contributed by atoms with Crippen molar-refractivity contribution in [1.29, 1.82) is 0 Å². The Morgan fingerprint density at radius 2 is 1.84 bits per heavy atom. The van der Waals surface area contributed by atoms with Gasteiger partial charge >= 0.3 is 0 Å². The molecule has 2 aromatic carbocycles. The summed E-state index contributed by atoms with van der Waals surface area (Å²) in [5, 5.41) is 15.0. The van der Waals surface area contributed by atoms with Gasteiger partial charge in [0.05, 0.1) is 11.6 Å². The number of carbonyl (C=O) groups is 2. The maximum absolute atomic E-state index is 13.5. The van der Waals surface area contributed by atoms with Crippen molar-refractivity contribution in [2.75, 3.05) is 6.54 Å². The van der Waals surface area contributed by atoms with Gasteiger partial charge in [-0.05, 0) is 55.4 Å². The molecule has 3 aromatic rings. The van der Waals surface area contributed by atoms with Crippen molar-refractivity contribution in [3.05, 3.63) is 59.7 Å². The molecular formula is C29H39N7O2. The Kier molecular flexibility index (Phi) is 8.34. The van der Waals surface area contributed by atoms with Gasteiger partial charge in [-0.1, -0.05) is 60.9 Å². The molecule has 38 heavy (non-hydrogen) atoms. The number of rotatable bonds is 9. The SMILES string of the molecule is Cn1nnc2cc(CNC(=O)[C@@H]3C[C@H](NC4CCCCC4)CN3C(=O)[C@H](N)CCc3ccccc3)ccc21. The third-order valence-corrected chi connectivity index (χ3v) is 8.01. The fourth-order valence-corrected chi connectivity index (χ4v) is 5.86. The Morgan fingerprint density at radius 1 is 1.05 bits per heavy atom. The number of hydrogen-bond donors (Lipinski definition) is 3. The van der Waals surface area contributed by atoms with Crippen LogP contribution in [0.2, 0.25) is 0 Å². The highest BCUT2D eigenvalue weighted by atomic mass is 16.2. The van der Waals surface area contributed by atoms with Crippen LogP contribution in [0.1, 0.15) is 56.1 Å². The highest BCUT2D eigenvalue weighted by Gasteiger charge is 2.41. The molecule has 9 nitrogen and oxygen atoms in total. The van der Waals surface area contributed by atoms with Gasteiger partial charge in [0, 0.05) is 32.2 Å². The molecule has 4 N–H and O–H groups in total. The van der Waals surface area contributed by atoms with Gasteiger partial charge in [0.2, 0.25) is 11.8 Å². The average molecular weight is 518 g/mol. The van der Waals surface area contributed by atoms with E-state index in [1.54, 1.807) is 9.58 Å². The van der Waals surface area contributed by atoms with Crippen molar-refractivity contribution in [3.8, 4) is 0 Å². The number of nitrogens with two attached hydrogens (primary N) is 1. The first-order chi connectivity index (χ1) is 18.5. The van der Waals surface area contributed by atoms with Crippen LogP contribution in [0.25, 0.3) is 11.0 Å². The van der Waals surface area contributed by atoms with E-state index in [1.165, 1.54) is 19.3 Å². The minimum absolute atomic E-state index is 0.0927. The lowest BCUT2D eigenvalue weighted by molar-refractivity contribution is -0.139. The number of benzene rings is 2. The topological polar surface area (TPSA) is 118 Å². The maximum atomic E-state index is 13.5. The van der Waals surface area contributed by atoms with Gasteiger partial charge in [0.1, 0.15) is 11.6 Å². The van der Waals surface area contributed by atoms with E-state index in [4.69, 9.17) is 5.73 Å². The number of likely N-dealkylation sites (tertiary alicyclic amines) is 1. The molecule has 0 bridgehead atoms. The molecular weight excluding hydrogens is 478 g/mol. The van der Waals surface area contributed by atoms with Crippen LogP contribution < -0.4 is 16.4 Å². The molecule has 1 aliphatic heterocycles. The zero-order valence-corrected chi connectivity index (χ0v) is 22.2. The molecule has 2 aliphatic rings. The summed E-state index contributed by atoms with van der Waals surface area (Å²) < 4.78 is 1.72. The highest BCUT2D eigenvalue weighted by Crippen LogP contribution is 2.24. The highest BCUT2D eigenvalue weighted by molar-refractivity contribution is 5.90. The van der Waals surface area contributed by atoms with Gasteiger partial charge in [-0.25, -0.2) is 4.68 Å². The van der Waals surface area contributed by atoms with Crippen LogP contribution in [-0.2, 0) is 29.6 Å². The summed E-state index contributed by atoms with van der Waals surface area (Å²) in [7, 11) is 1.85. The first kappa shape index (κ1) is 26.3. The zero-order valence-electron chi connectivity index (χ0n) is 22.2. The van der Waals surface area contributed by atoms with Gasteiger partial charge in [-0.15, -0.1) is 5.10 Å². The van der Waals surface area contributed by atoms with E-state index in [-0.39, 0.29) is 17.9 Å². The maximum Gasteiger partial charge on any atom is 0.243 e. The van der Waals surface area contributed by atoms with Crippen LogP contribution >= 0.6 is 0 Å². The fourth-order valence-electron chi connectivity index (χ4n) is 5.86. The lowest BCUT2D eigenvalue weighted by atomic mass is 9.94. The molecule has 3 atom stereocenters. The van der Waals surface area contributed by atoms with E-state index in [9.17, 15) is 9.59 Å². The van der Waals surface area contributed by atoms with Crippen molar-refractivity contribution in [1.82, 2.24) is 30.5 Å². The van der Waals surface area contributed by atoms with E-state index < -0.39 is 12.1 Å². The normalized spacial score (nSPS) is 21.1. The number of nitrogens with zero attached hydrogens (tertiary/aromatic N) is 4. The molecule has 0 unspecified atom stereocenters. The van der Waals surface area contributed by atoms with Crippen LogP contribution in [-0.4, -0.2) is 62.4 Å². The van der Waals surface area contributed by atoms with Crippen LogP contribution in [0.4, 0.5) is 0 Å². The van der Waals surface area contributed by atoms with Crippen molar-refractivity contribution >= 4 is 22.8 Å². The third-order valence-electron chi connectivity index (χ3n) is 8.01. The number of nitrogens with one attached hydrogen (secondary N) is 2. The first-order valence-corrected chi connectivity index (χ1v) is 13.9. The van der Waals surface area contributed by atoms with Crippen LogP contribution in [0.15, 0.2) is 48.5 Å². The molecule has 1 aromatic heterocycles. The molecule has 9 heteroatoms. The Bertz CT molecular complexity index is 1240. The Morgan fingerprint density at radius 3 is 2.63 bits per heavy atom. The van der Waals surface area contributed by atoms with Crippen molar-refractivity contribution in [2.24, 2.45) is 12.8 Å². The second-order valence-corrected chi connectivity index (χ2v) is 10.8. The molecule has 1 aliphatic carbocycles. The summed E-state index contributed by atoms with van der Waals surface area (Å²) in [4.78, 5) is 28.7. The quantitative estimate of drug-likeness (QED) is 0.401. The van der Waals surface area contributed by atoms with Crippen molar-refractivity contribution in [3.63, 3.8) is 0 Å². The van der Waals surface area contributed by atoms with Gasteiger partial charge in [-0.3, -0.25) is 9.59 Å². The lowest BCUT2D eigenvalue weighted by Crippen LogP contribution is -2.51. The van der Waals surface area contributed by atoms with Crippen LogP contribution in [0, 0.1) is 0 Å². The molecule has 0 radical (unpaired) electrons. The molecule has 2 heterocycles. The van der Waals surface area contributed by atoms with E-state index in [0.717, 1.165) is 41.4 Å². The first-order valence-electron chi connectivity index (χ1n) is 13.9. The number of aryl methyl sites for hydroxylation is 2. The Balaban J connectivity index is 1.24. The molecule has 1 saturated heterocycles.